The molecule has 0 aliphatic heterocycles. The van der Waals surface area contributed by atoms with Crippen molar-refractivity contribution < 1.29 is 13.2 Å². The maximum atomic E-state index is 12.8. The molecule has 2 aromatic carbocycles. The molecule has 1 aromatic heterocycles. The fourth-order valence-corrected chi connectivity index (χ4v) is 2.05. The molecule has 3 heteroatoms. The molecule has 0 saturated heterocycles. The summed E-state index contributed by atoms with van der Waals surface area (Å²) in [5.74, 6) is 0.892. The van der Waals surface area contributed by atoms with Gasteiger partial charge in [0.25, 0.3) is 0 Å². The van der Waals surface area contributed by atoms with Crippen molar-refractivity contribution in [3.05, 3.63) is 94.9 Å². The molecule has 23 heavy (non-hydrogen) atoms. The van der Waals surface area contributed by atoms with Gasteiger partial charge in [-0.15, -0.1) is 0 Å². The van der Waals surface area contributed by atoms with Gasteiger partial charge in [0, 0.05) is 0 Å². The lowest BCUT2D eigenvalue weighted by Gasteiger charge is -1.93. The number of benzene rings is 2. The fourth-order valence-electron chi connectivity index (χ4n) is 2.05. The van der Waals surface area contributed by atoms with Crippen molar-refractivity contribution in [2.24, 2.45) is 0 Å². The second-order valence-electron chi connectivity index (χ2n) is 5.01. The van der Waals surface area contributed by atoms with Crippen molar-refractivity contribution in [3.63, 3.8) is 0 Å². The summed E-state index contributed by atoms with van der Waals surface area (Å²) in [6, 6.07) is 16.2. The second-order valence-corrected chi connectivity index (χ2v) is 5.01. The van der Waals surface area contributed by atoms with Crippen LogP contribution in [0.1, 0.15) is 22.6 Å². The van der Waals surface area contributed by atoms with Crippen LogP contribution in [0.3, 0.4) is 0 Å². The van der Waals surface area contributed by atoms with Crippen molar-refractivity contribution >= 4 is 24.3 Å². The van der Waals surface area contributed by atoms with E-state index < -0.39 is 0 Å². The summed E-state index contributed by atoms with van der Waals surface area (Å²) in [7, 11) is 0. The van der Waals surface area contributed by atoms with Gasteiger partial charge in [0.2, 0.25) is 0 Å². The Balaban J connectivity index is 1.68. The third kappa shape index (κ3) is 4.27. The van der Waals surface area contributed by atoms with E-state index in [0.717, 1.165) is 11.1 Å². The summed E-state index contributed by atoms with van der Waals surface area (Å²) >= 11 is 0. The lowest BCUT2D eigenvalue weighted by Crippen LogP contribution is -1.74. The van der Waals surface area contributed by atoms with E-state index in [1.807, 2.05) is 36.4 Å². The summed E-state index contributed by atoms with van der Waals surface area (Å²) in [5.41, 5.74) is 1.79. The Morgan fingerprint density at radius 2 is 0.913 bits per heavy atom. The zero-order valence-electron chi connectivity index (χ0n) is 12.2. The van der Waals surface area contributed by atoms with Crippen LogP contribution in [0.5, 0.6) is 0 Å². The molecule has 0 saturated carbocycles. The molecule has 0 aliphatic carbocycles. The predicted octanol–water partition coefficient (Wildman–Crippen LogP) is 5.90. The topological polar surface area (TPSA) is 13.1 Å². The van der Waals surface area contributed by atoms with Crippen LogP contribution in [-0.4, -0.2) is 0 Å². The number of halogens is 2. The maximum absolute atomic E-state index is 12.8. The number of rotatable bonds is 4. The molecule has 0 aliphatic rings. The Hall–Kier alpha value is -2.94. The van der Waals surface area contributed by atoms with Gasteiger partial charge in [-0.25, -0.2) is 8.78 Å². The molecule has 0 radical (unpaired) electrons. The van der Waals surface area contributed by atoms with Crippen molar-refractivity contribution in [2.45, 2.75) is 0 Å². The quantitative estimate of drug-likeness (QED) is 0.585. The van der Waals surface area contributed by atoms with Crippen LogP contribution in [-0.2, 0) is 0 Å². The first-order valence-electron chi connectivity index (χ1n) is 7.16. The summed E-state index contributed by atoms with van der Waals surface area (Å²) in [5, 5.41) is 0. The molecule has 3 aromatic rings. The third-order valence-electron chi connectivity index (χ3n) is 3.27. The monoisotopic (exact) mass is 308 g/mol. The Bertz CT molecular complexity index is 755. The lowest BCUT2D eigenvalue weighted by atomic mass is 10.2. The maximum Gasteiger partial charge on any atom is 0.127 e. The van der Waals surface area contributed by atoms with Gasteiger partial charge in [-0.1, -0.05) is 36.4 Å². The molecule has 0 amide bonds. The molecule has 0 bridgehead atoms. The van der Waals surface area contributed by atoms with E-state index in [1.165, 1.54) is 24.3 Å². The average Bonchev–Trinajstić information content (AvgIpc) is 3.02. The largest absolute Gasteiger partial charge is 0.457 e. The molecule has 0 fully saturated rings. The van der Waals surface area contributed by atoms with Crippen LogP contribution in [0, 0.1) is 11.6 Å². The smallest absolute Gasteiger partial charge is 0.127 e. The number of furan rings is 1. The van der Waals surface area contributed by atoms with E-state index in [4.69, 9.17) is 4.42 Å². The van der Waals surface area contributed by atoms with Gasteiger partial charge in [0.15, 0.2) is 0 Å². The molecule has 1 nitrogen and oxygen atoms in total. The van der Waals surface area contributed by atoms with Crippen LogP contribution in [0.25, 0.3) is 24.3 Å². The van der Waals surface area contributed by atoms with Gasteiger partial charge in [0.1, 0.15) is 23.2 Å². The van der Waals surface area contributed by atoms with Gasteiger partial charge in [0.05, 0.1) is 0 Å². The molecule has 0 atom stereocenters. The van der Waals surface area contributed by atoms with Gasteiger partial charge in [-0.2, -0.15) is 0 Å². The van der Waals surface area contributed by atoms with E-state index in [-0.39, 0.29) is 11.6 Å². The Morgan fingerprint density at radius 1 is 0.522 bits per heavy atom. The standard InChI is InChI=1S/C20H14F2O/c21-17-7-1-15(2-8-17)5-11-19-13-14-20(23-19)12-6-16-3-9-18(22)10-4-16/h1-14H/b11-5+,12-6+. The Labute approximate surface area is 133 Å². The summed E-state index contributed by atoms with van der Waals surface area (Å²) in [6.45, 7) is 0. The minimum Gasteiger partial charge on any atom is -0.457 e. The molecule has 0 N–H and O–H groups in total. The fraction of sp³-hybridized carbons (Fsp3) is 0. The highest BCUT2D eigenvalue weighted by Gasteiger charge is 1.96. The highest BCUT2D eigenvalue weighted by atomic mass is 19.1. The Morgan fingerprint density at radius 3 is 1.30 bits per heavy atom. The molecular formula is C20H14F2O. The van der Waals surface area contributed by atoms with E-state index >= 15 is 0 Å². The van der Waals surface area contributed by atoms with Crippen LogP contribution in [0.2, 0.25) is 0 Å². The van der Waals surface area contributed by atoms with Crippen molar-refractivity contribution in [2.75, 3.05) is 0 Å². The van der Waals surface area contributed by atoms with Crippen molar-refractivity contribution in [1.29, 1.82) is 0 Å². The third-order valence-corrected chi connectivity index (χ3v) is 3.27. The molecular weight excluding hydrogens is 294 g/mol. The van der Waals surface area contributed by atoms with Gasteiger partial charge in [-0.3, -0.25) is 0 Å². The molecule has 3 rings (SSSR count). The van der Waals surface area contributed by atoms with E-state index in [2.05, 4.69) is 0 Å². The first-order valence-corrected chi connectivity index (χ1v) is 7.16. The zero-order valence-corrected chi connectivity index (χ0v) is 12.2. The normalized spacial score (nSPS) is 11.6. The first-order chi connectivity index (χ1) is 11.2. The lowest BCUT2D eigenvalue weighted by molar-refractivity contribution is 0.547. The molecule has 114 valence electrons. The average molecular weight is 308 g/mol. The van der Waals surface area contributed by atoms with Crippen LogP contribution < -0.4 is 0 Å². The number of hydrogen-bond donors (Lipinski definition) is 0. The highest BCUT2D eigenvalue weighted by Crippen LogP contribution is 2.15. The second kappa shape index (κ2) is 6.88. The van der Waals surface area contributed by atoms with Gasteiger partial charge >= 0.3 is 0 Å². The van der Waals surface area contributed by atoms with E-state index in [9.17, 15) is 8.78 Å². The number of hydrogen-bond acceptors (Lipinski definition) is 1. The minimum absolute atomic E-state index is 0.256. The molecule has 1 heterocycles. The summed E-state index contributed by atoms with van der Waals surface area (Å²) < 4.78 is 31.3. The minimum atomic E-state index is -0.256. The van der Waals surface area contributed by atoms with Crippen LogP contribution >= 0.6 is 0 Å². The highest BCUT2D eigenvalue weighted by molar-refractivity contribution is 5.70. The SMILES string of the molecule is Fc1ccc(/C=C/c2ccc(/C=C/c3ccc(F)cc3)o2)cc1. The van der Waals surface area contributed by atoms with E-state index in [1.54, 1.807) is 24.3 Å². The van der Waals surface area contributed by atoms with Crippen LogP contribution in [0.4, 0.5) is 8.78 Å². The summed E-state index contributed by atoms with van der Waals surface area (Å²) in [4.78, 5) is 0. The van der Waals surface area contributed by atoms with Crippen molar-refractivity contribution in [1.82, 2.24) is 0 Å². The summed E-state index contributed by atoms with van der Waals surface area (Å²) in [6.07, 6.45) is 7.35. The molecule has 0 unspecified atom stereocenters. The van der Waals surface area contributed by atoms with Gasteiger partial charge in [-0.05, 0) is 59.7 Å². The van der Waals surface area contributed by atoms with Crippen LogP contribution in [0.15, 0.2) is 65.1 Å². The van der Waals surface area contributed by atoms with Gasteiger partial charge < -0.3 is 4.42 Å². The predicted molar refractivity (Wildman–Crippen MR) is 89.4 cm³/mol. The van der Waals surface area contributed by atoms with Crippen molar-refractivity contribution in [3.8, 4) is 0 Å². The first kappa shape index (κ1) is 15.0. The molecule has 0 spiro atoms. The Kier molecular flexibility index (Phi) is 4.48. The van der Waals surface area contributed by atoms with E-state index in [0.29, 0.717) is 11.5 Å². The zero-order chi connectivity index (χ0) is 16.1.